The zero-order valence-corrected chi connectivity index (χ0v) is 13.3. The zero-order valence-electron chi connectivity index (χ0n) is 12.6. The summed E-state index contributed by atoms with van der Waals surface area (Å²) in [5, 5.41) is 4.06. The van der Waals surface area contributed by atoms with E-state index in [1.54, 1.807) is 7.11 Å². The maximum atomic E-state index is 5.96. The van der Waals surface area contributed by atoms with Crippen LogP contribution in [0.2, 0.25) is 5.02 Å². The molecule has 0 bridgehead atoms. The van der Waals surface area contributed by atoms with E-state index in [1.165, 1.54) is 0 Å². The van der Waals surface area contributed by atoms with Gasteiger partial charge < -0.3 is 15.0 Å². The predicted octanol–water partition coefficient (Wildman–Crippen LogP) is 2.35. The Balaban J connectivity index is 1.97. The summed E-state index contributed by atoms with van der Waals surface area (Å²) in [6.45, 7) is 4.31. The zero-order chi connectivity index (χ0) is 15.4. The number of piperazine rings is 1. The average Bonchev–Trinajstić information content (AvgIpc) is 2.56. The molecular formula is C16H19ClN4O. The van der Waals surface area contributed by atoms with Gasteiger partial charge in [0.25, 0.3) is 0 Å². The molecule has 0 aliphatic carbocycles. The first-order valence-corrected chi connectivity index (χ1v) is 7.72. The molecule has 0 radical (unpaired) electrons. The topological polar surface area (TPSA) is 50.3 Å². The Morgan fingerprint density at radius 1 is 1.18 bits per heavy atom. The van der Waals surface area contributed by atoms with Crippen LogP contribution in [0.1, 0.15) is 5.69 Å². The summed E-state index contributed by atoms with van der Waals surface area (Å²) in [5.41, 5.74) is 1.84. The second kappa shape index (κ2) is 7.05. The average molecular weight is 319 g/mol. The summed E-state index contributed by atoms with van der Waals surface area (Å²) in [7, 11) is 1.68. The van der Waals surface area contributed by atoms with Gasteiger partial charge in [-0.25, -0.2) is 9.97 Å². The Morgan fingerprint density at radius 2 is 1.91 bits per heavy atom. The summed E-state index contributed by atoms with van der Waals surface area (Å²) in [4.78, 5) is 11.6. The molecule has 1 fully saturated rings. The molecule has 0 atom stereocenters. The molecule has 1 aromatic heterocycles. The molecular weight excluding hydrogens is 300 g/mol. The van der Waals surface area contributed by atoms with Gasteiger partial charge in [0.05, 0.1) is 12.3 Å². The lowest BCUT2D eigenvalue weighted by atomic mass is 10.2. The molecule has 1 saturated heterocycles. The Hall–Kier alpha value is -1.69. The second-order valence-electron chi connectivity index (χ2n) is 5.22. The van der Waals surface area contributed by atoms with E-state index >= 15 is 0 Å². The third-order valence-corrected chi connectivity index (χ3v) is 3.85. The van der Waals surface area contributed by atoms with Crippen molar-refractivity contribution in [3.05, 3.63) is 41.0 Å². The van der Waals surface area contributed by atoms with E-state index in [1.807, 2.05) is 30.3 Å². The molecule has 1 aromatic carbocycles. The lowest BCUT2D eigenvalue weighted by Crippen LogP contribution is -2.44. The van der Waals surface area contributed by atoms with Crippen LogP contribution in [0.15, 0.2) is 30.3 Å². The van der Waals surface area contributed by atoms with E-state index in [9.17, 15) is 0 Å². The summed E-state index contributed by atoms with van der Waals surface area (Å²) < 4.78 is 5.24. The van der Waals surface area contributed by atoms with Crippen molar-refractivity contribution in [2.75, 3.05) is 38.2 Å². The molecule has 2 aromatic rings. The Kier molecular flexibility index (Phi) is 4.87. The summed E-state index contributed by atoms with van der Waals surface area (Å²) in [6, 6.07) is 9.60. The molecule has 3 rings (SSSR count). The fraction of sp³-hybridized carbons (Fsp3) is 0.375. The van der Waals surface area contributed by atoms with Crippen LogP contribution in [0.25, 0.3) is 11.4 Å². The van der Waals surface area contributed by atoms with Crippen molar-refractivity contribution in [1.29, 1.82) is 0 Å². The van der Waals surface area contributed by atoms with Gasteiger partial charge in [0.15, 0.2) is 5.82 Å². The minimum Gasteiger partial charge on any atom is -0.378 e. The smallest absolute Gasteiger partial charge is 0.161 e. The monoisotopic (exact) mass is 318 g/mol. The van der Waals surface area contributed by atoms with Gasteiger partial charge in [0.2, 0.25) is 0 Å². The quantitative estimate of drug-likeness (QED) is 0.938. The van der Waals surface area contributed by atoms with Gasteiger partial charge in [-0.05, 0) is 24.3 Å². The molecule has 22 heavy (non-hydrogen) atoms. The Labute approximate surface area is 135 Å². The van der Waals surface area contributed by atoms with Gasteiger partial charge in [0, 0.05) is 49.9 Å². The van der Waals surface area contributed by atoms with Crippen LogP contribution in [0.3, 0.4) is 0 Å². The molecule has 1 aliphatic heterocycles. The molecule has 116 valence electrons. The first kappa shape index (κ1) is 15.2. The van der Waals surface area contributed by atoms with Gasteiger partial charge >= 0.3 is 0 Å². The summed E-state index contributed by atoms with van der Waals surface area (Å²) in [6.07, 6.45) is 0. The minimum absolute atomic E-state index is 0.474. The number of anilines is 1. The van der Waals surface area contributed by atoms with Crippen molar-refractivity contribution < 1.29 is 4.74 Å². The maximum absolute atomic E-state index is 5.96. The molecule has 5 nitrogen and oxygen atoms in total. The van der Waals surface area contributed by atoms with E-state index in [0.29, 0.717) is 17.5 Å². The predicted molar refractivity (Wildman–Crippen MR) is 88.3 cm³/mol. The highest BCUT2D eigenvalue weighted by Crippen LogP contribution is 2.22. The fourth-order valence-electron chi connectivity index (χ4n) is 2.49. The number of nitrogens with zero attached hydrogens (tertiary/aromatic N) is 3. The van der Waals surface area contributed by atoms with Crippen LogP contribution >= 0.6 is 11.6 Å². The van der Waals surface area contributed by atoms with Crippen LogP contribution in [-0.4, -0.2) is 43.3 Å². The summed E-state index contributed by atoms with van der Waals surface area (Å²) >= 11 is 5.96. The van der Waals surface area contributed by atoms with Crippen LogP contribution in [0, 0.1) is 0 Å². The van der Waals surface area contributed by atoms with Gasteiger partial charge in [0.1, 0.15) is 5.82 Å². The summed E-state index contributed by atoms with van der Waals surface area (Å²) in [5.74, 6) is 1.66. The van der Waals surface area contributed by atoms with Crippen LogP contribution in [0.4, 0.5) is 5.82 Å². The van der Waals surface area contributed by atoms with Crippen molar-refractivity contribution in [3.8, 4) is 11.4 Å². The lowest BCUT2D eigenvalue weighted by Gasteiger charge is -2.28. The van der Waals surface area contributed by atoms with Crippen molar-refractivity contribution in [1.82, 2.24) is 15.3 Å². The van der Waals surface area contributed by atoms with Gasteiger partial charge in [-0.2, -0.15) is 0 Å². The molecule has 6 heteroatoms. The first-order valence-electron chi connectivity index (χ1n) is 7.35. The maximum Gasteiger partial charge on any atom is 0.161 e. The molecule has 1 aliphatic rings. The molecule has 0 unspecified atom stereocenters. The first-order chi connectivity index (χ1) is 10.8. The number of hydrogen-bond donors (Lipinski definition) is 1. The number of ether oxygens (including phenoxy) is 1. The highest BCUT2D eigenvalue weighted by atomic mass is 35.5. The van der Waals surface area contributed by atoms with Crippen molar-refractivity contribution >= 4 is 17.4 Å². The van der Waals surface area contributed by atoms with Crippen molar-refractivity contribution in [2.45, 2.75) is 6.61 Å². The number of halogens is 1. The van der Waals surface area contributed by atoms with E-state index in [2.05, 4.69) is 15.2 Å². The van der Waals surface area contributed by atoms with Crippen LogP contribution in [-0.2, 0) is 11.3 Å². The van der Waals surface area contributed by atoms with Gasteiger partial charge in [-0.15, -0.1) is 0 Å². The molecule has 0 amide bonds. The Bertz CT molecular complexity index is 627. The number of aromatic nitrogens is 2. The SMILES string of the molecule is COCc1cc(N2CCNCC2)nc(-c2ccc(Cl)cc2)n1. The van der Waals surface area contributed by atoms with Crippen LogP contribution in [0.5, 0.6) is 0 Å². The normalized spacial score (nSPS) is 15.1. The van der Waals surface area contributed by atoms with Gasteiger partial charge in [-0.1, -0.05) is 11.6 Å². The molecule has 2 heterocycles. The van der Waals surface area contributed by atoms with Crippen molar-refractivity contribution in [2.24, 2.45) is 0 Å². The molecule has 0 saturated carbocycles. The number of methoxy groups -OCH3 is 1. The van der Waals surface area contributed by atoms with E-state index in [-0.39, 0.29) is 0 Å². The number of rotatable bonds is 4. The van der Waals surface area contributed by atoms with Crippen LogP contribution < -0.4 is 10.2 Å². The highest BCUT2D eigenvalue weighted by Gasteiger charge is 2.15. The van der Waals surface area contributed by atoms with E-state index in [4.69, 9.17) is 21.3 Å². The molecule has 1 N–H and O–H groups in total. The third-order valence-electron chi connectivity index (χ3n) is 3.60. The number of benzene rings is 1. The second-order valence-corrected chi connectivity index (χ2v) is 5.65. The third kappa shape index (κ3) is 3.55. The van der Waals surface area contributed by atoms with E-state index < -0.39 is 0 Å². The van der Waals surface area contributed by atoms with Crippen molar-refractivity contribution in [3.63, 3.8) is 0 Å². The Morgan fingerprint density at radius 3 is 2.59 bits per heavy atom. The highest BCUT2D eigenvalue weighted by molar-refractivity contribution is 6.30. The number of nitrogens with one attached hydrogen (secondary N) is 1. The fourth-order valence-corrected chi connectivity index (χ4v) is 2.61. The standard InChI is InChI=1S/C16H19ClN4O/c1-22-11-14-10-15(21-8-6-18-7-9-21)20-16(19-14)12-2-4-13(17)5-3-12/h2-5,10,18H,6-9,11H2,1H3. The van der Waals surface area contributed by atoms with Gasteiger partial charge in [-0.3, -0.25) is 0 Å². The lowest BCUT2D eigenvalue weighted by molar-refractivity contribution is 0.181. The largest absolute Gasteiger partial charge is 0.378 e. The van der Waals surface area contributed by atoms with E-state index in [0.717, 1.165) is 43.3 Å². The molecule has 0 spiro atoms. The minimum atomic E-state index is 0.474. The number of hydrogen-bond acceptors (Lipinski definition) is 5.